The van der Waals surface area contributed by atoms with Crippen molar-refractivity contribution in [3.63, 3.8) is 0 Å². The van der Waals surface area contributed by atoms with Crippen LogP contribution in [0.25, 0.3) is 0 Å². The van der Waals surface area contributed by atoms with Gasteiger partial charge in [0.25, 0.3) is 10.0 Å². The Kier molecular flexibility index (Phi) is 5.05. The summed E-state index contributed by atoms with van der Waals surface area (Å²) in [6.07, 6.45) is 0. The van der Waals surface area contributed by atoms with Gasteiger partial charge in [-0.2, -0.15) is 0 Å². The zero-order valence-electron chi connectivity index (χ0n) is 13.3. The SMILES string of the molecule is CCOC(=O)c1ccc(S(=O)(=O)Nc2ccc(C)cc2C)cc1. The first-order valence-electron chi connectivity index (χ1n) is 7.21. The molecule has 5 nitrogen and oxygen atoms in total. The van der Waals surface area contributed by atoms with Crippen molar-refractivity contribution in [2.24, 2.45) is 0 Å². The van der Waals surface area contributed by atoms with Crippen LogP contribution in [-0.4, -0.2) is 21.0 Å². The van der Waals surface area contributed by atoms with Gasteiger partial charge in [-0.25, -0.2) is 13.2 Å². The minimum atomic E-state index is -3.71. The fourth-order valence-electron chi connectivity index (χ4n) is 2.12. The first kappa shape index (κ1) is 17.0. The van der Waals surface area contributed by atoms with Gasteiger partial charge in [-0.15, -0.1) is 0 Å². The Hall–Kier alpha value is -2.34. The van der Waals surface area contributed by atoms with E-state index in [1.165, 1.54) is 24.3 Å². The molecular formula is C17H19NO4S. The van der Waals surface area contributed by atoms with Crippen LogP contribution in [0.15, 0.2) is 47.4 Å². The van der Waals surface area contributed by atoms with Crippen molar-refractivity contribution in [3.8, 4) is 0 Å². The van der Waals surface area contributed by atoms with Crippen LogP contribution in [0.1, 0.15) is 28.4 Å². The molecule has 0 saturated carbocycles. The van der Waals surface area contributed by atoms with Gasteiger partial charge in [-0.3, -0.25) is 4.72 Å². The van der Waals surface area contributed by atoms with Crippen LogP contribution in [-0.2, 0) is 14.8 Å². The standard InChI is InChI=1S/C17H19NO4S/c1-4-22-17(19)14-6-8-15(9-7-14)23(20,21)18-16-10-5-12(2)11-13(16)3/h5-11,18H,4H2,1-3H3. The van der Waals surface area contributed by atoms with Crippen molar-refractivity contribution >= 4 is 21.7 Å². The van der Waals surface area contributed by atoms with Crippen LogP contribution >= 0.6 is 0 Å². The number of hydrogen-bond acceptors (Lipinski definition) is 4. The van der Waals surface area contributed by atoms with Crippen molar-refractivity contribution in [2.75, 3.05) is 11.3 Å². The fourth-order valence-corrected chi connectivity index (χ4v) is 3.25. The van der Waals surface area contributed by atoms with Crippen LogP contribution in [0, 0.1) is 13.8 Å². The summed E-state index contributed by atoms with van der Waals surface area (Å²) in [6, 6.07) is 11.1. The molecule has 2 aromatic rings. The number of benzene rings is 2. The molecule has 0 aromatic heterocycles. The van der Waals surface area contributed by atoms with E-state index in [0.29, 0.717) is 11.3 Å². The number of carbonyl (C=O) groups excluding carboxylic acids is 1. The third kappa shape index (κ3) is 4.10. The van der Waals surface area contributed by atoms with Crippen LogP contribution in [0.3, 0.4) is 0 Å². The first-order chi connectivity index (χ1) is 10.8. The molecule has 0 saturated heterocycles. The maximum atomic E-state index is 12.4. The maximum absolute atomic E-state index is 12.4. The van der Waals surface area contributed by atoms with E-state index in [-0.39, 0.29) is 11.5 Å². The molecular weight excluding hydrogens is 314 g/mol. The average Bonchev–Trinajstić information content (AvgIpc) is 2.50. The number of hydrogen-bond donors (Lipinski definition) is 1. The van der Waals surface area contributed by atoms with Crippen molar-refractivity contribution in [2.45, 2.75) is 25.7 Å². The van der Waals surface area contributed by atoms with Crippen molar-refractivity contribution in [1.29, 1.82) is 0 Å². The molecule has 0 aliphatic rings. The molecule has 0 spiro atoms. The Morgan fingerprint density at radius 2 is 1.74 bits per heavy atom. The molecule has 23 heavy (non-hydrogen) atoms. The molecule has 0 amide bonds. The zero-order chi connectivity index (χ0) is 17.0. The average molecular weight is 333 g/mol. The van der Waals surface area contributed by atoms with Gasteiger partial charge < -0.3 is 4.74 Å². The Balaban J connectivity index is 2.24. The lowest BCUT2D eigenvalue weighted by atomic mass is 10.1. The van der Waals surface area contributed by atoms with E-state index in [9.17, 15) is 13.2 Å². The topological polar surface area (TPSA) is 72.5 Å². The highest BCUT2D eigenvalue weighted by Gasteiger charge is 2.16. The van der Waals surface area contributed by atoms with Crippen molar-refractivity contribution in [1.82, 2.24) is 0 Å². The summed E-state index contributed by atoms with van der Waals surface area (Å²) >= 11 is 0. The highest BCUT2D eigenvalue weighted by atomic mass is 32.2. The second kappa shape index (κ2) is 6.83. The number of aryl methyl sites for hydroxylation is 2. The lowest BCUT2D eigenvalue weighted by Crippen LogP contribution is -2.14. The molecule has 0 radical (unpaired) electrons. The van der Waals surface area contributed by atoms with Gasteiger partial charge in [0, 0.05) is 0 Å². The molecule has 2 rings (SSSR count). The summed E-state index contributed by atoms with van der Waals surface area (Å²) < 4.78 is 32.3. The highest BCUT2D eigenvalue weighted by molar-refractivity contribution is 7.92. The number of sulfonamides is 1. The lowest BCUT2D eigenvalue weighted by molar-refractivity contribution is 0.0526. The zero-order valence-corrected chi connectivity index (χ0v) is 14.1. The summed E-state index contributed by atoms with van der Waals surface area (Å²) in [5.74, 6) is -0.473. The van der Waals surface area contributed by atoms with Gasteiger partial charge in [0.15, 0.2) is 0 Å². The van der Waals surface area contributed by atoms with Gasteiger partial charge in [-0.1, -0.05) is 17.7 Å². The monoisotopic (exact) mass is 333 g/mol. The van der Waals surface area contributed by atoms with Crippen molar-refractivity contribution < 1.29 is 17.9 Å². The second-order valence-electron chi connectivity index (χ2n) is 5.17. The smallest absolute Gasteiger partial charge is 0.338 e. The van der Waals surface area contributed by atoms with E-state index >= 15 is 0 Å². The van der Waals surface area contributed by atoms with Crippen molar-refractivity contribution in [3.05, 3.63) is 59.2 Å². The molecule has 1 N–H and O–H groups in total. The second-order valence-corrected chi connectivity index (χ2v) is 6.85. The predicted octanol–water partition coefficient (Wildman–Crippen LogP) is 3.28. The van der Waals surface area contributed by atoms with Crippen LogP contribution in [0.2, 0.25) is 0 Å². The largest absolute Gasteiger partial charge is 0.462 e. The van der Waals surface area contributed by atoms with E-state index in [4.69, 9.17) is 4.74 Å². The maximum Gasteiger partial charge on any atom is 0.338 e. The van der Waals surface area contributed by atoms with E-state index in [1.54, 1.807) is 13.0 Å². The van der Waals surface area contributed by atoms with Gasteiger partial charge in [-0.05, 0) is 56.7 Å². The summed E-state index contributed by atoms with van der Waals surface area (Å²) in [4.78, 5) is 11.7. The predicted molar refractivity (Wildman–Crippen MR) is 89.1 cm³/mol. The van der Waals surface area contributed by atoms with Gasteiger partial charge >= 0.3 is 5.97 Å². The molecule has 0 fully saturated rings. The Bertz CT molecular complexity index is 811. The summed E-state index contributed by atoms with van der Waals surface area (Å²) in [5, 5.41) is 0. The number of ether oxygens (including phenoxy) is 1. The fraction of sp³-hybridized carbons (Fsp3) is 0.235. The quantitative estimate of drug-likeness (QED) is 0.852. The van der Waals surface area contributed by atoms with E-state index in [2.05, 4.69) is 4.72 Å². The van der Waals surface area contributed by atoms with Crippen LogP contribution in [0.4, 0.5) is 5.69 Å². The molecule has 0 bridgehead atoms. The lowest BCUT2D eigenvalue weighted by Gasteiger charge is -2.11. The van der Waals surface area contributed by atoms with Crippen LogP contribution < -0.4 is 4.72 Å². The van der Waals surface area contributed by atoms with Gasteiger partial charge in [0.2, 0.25) is 0 Å². The Morgan fingerprint density at radius 3 is 2.30 bits per heavy atom. The molecule has 0 heterocycles. The third-order valence-electron chi connectivity index (χ3n) is 3.30. The highest BCUT2D eigenvalue weighted by Crippen LogP contribution is 2.21. The minimum Gasteiger partial charge on any atom is -0.462 e. The molecule has 0 aliphatic heterocycles. The summed E-state index contributed by atoms with van der Waals surface area (Å²) in [6.45, 7) is 5.77. The first-order valence-corrected chi connectivity index (χ1v) is 8.69. The van der Waals surface area contributed by atoms with Crippen LogP contribution in [0.5, 0.6) is 0 Å². The van der Waals surface area contributed by atoms with E-state index < -0.39 is 16.0 Å². The number of nitrogens with one attached hydrogen (secondary N) is 1. The Labute approximate surface area is 136 Å². The number of anilines is 1. The molecule has 122 valence electrons. The molecule has 0 atom stereocenters. The molecule has 0 aliphatic carbocycles. The van der Waals surface area contributed by atoms with E-state index in [0.717, 1.165) is 11.1 Å². The number of esters is 1. The molecule has 2 aromatic carbocycles. The third-order valence-corrected chi connectivity index (χ3v) is 4.68. The normalized spacial score (nSPS) is 11.1. The van der Waals surface area contributed by atoms with E-state index in [1.807, 2.05) is 26.0 Å². The van der Waals surface area contributed by atoms with Gasteiger partial charge in [0.05, 0.1) is 22.8 Å². The molecule has 0 unspecified atom stereocenters. The Morgan fingerprint density at radius 1 is 1.09 bits per heavy atom. The number of carbonyl (C=O) groups is 1. The van der Waals surface area contributed by atoms with Gasteiger partial charge in [0.1, 0.15) is 0 Å². The summed E-state index contributed by atoms with van der Waals surface area (Å²) in [5.41, 5.74) is 2.75. The molecule has 6 heteroatoms. The summed E-state index contributed by atoms with van der Waals surface area (Å²) in [7, 11) is -3.71. The minimum absolute atomic E-state index is 0.0884. The number of rotatable bonds is 5.